The minimum atomic E-state index is 0.762. The van der Waals surface area contributed by atoms with Crippen molar-refractivity contribution in [3.63, 3.8) is 0 Å². The number of benzene rings is 1. The van der Waals surface area contributed by atoms with Crippen LogP contribution in [0.15, 0.2) is 30.5 Å². The highest BCUT2D eigenvalue weighted by Gasteiger charge is 2.18. The number of aromatic nitrogens is 3. The number of ether oxygens (including phenoxy) is 2. The summed E-state index contributed by atoms with van der Waals surface area (Å²) < 4.78 is 15.2. The summed E-state index contributed by atoms with van der Waals surface area (Å²) in [5, 5.41) is 7.36. The molecule has 4 rings (SSSR count). The smallest absolute Gasteiger partial charge is 0.160 e. The van der Waals surface area contributed by atoms with Gasteiger partial charge in [-0.1, -0.05) is 6.07 Å². The number of aryl methyl sites for hydroxylation is 5. The van der Waals surface area contributed by atoms with Gasteiger partial charge >= 0.3 is 0 Å². The van der Waals surface area contributed by atoms with Crippen molar-refractivity contribution in [2.24, 2.45) is 0 Å². The van der Waals surface area contributed by atoms with Crippen LogP contribution in [0.2, 0.25) is 0 Å². The molecule has 3 heterocycles. The van der Waals surface area contributed by atoms with Gasteiger partial charge in [-0.05, 0) is 63.4 Å². The maximum Gasteiger partial charge on any atom is 0.160 e. The molecule has 0 saturated heterocycles. The number of methoxy groups -OCH3 is 2. The quantitative estimate of drug-likeness (QED) is 0.502. The van der Waals surface area contributed by atoms with Crippen LogP contribution >= 0.6 is 0 Å². The lowest BCUT2D eigenvalue weighted by atomic mass is 10.1. The van der Waals surface area contributed by atoms with Crippen molar-refractivity contribution in [2.75, 3.05) is 14.2 Å². The molecule has 0 aliphatic rings. The van der Waals surface area contributed by atoms with Crippen LogP contribution in [0.4, 0.5) is 0 Å². The van der Waals surface area contributed by atoms with E-state index in [0.29, 0.717) is 0 Å². The zero-order valence-electron chi connectivity index (χ0n) is 17.5. The minimum Gasteiger partial charge on any atom is -0.493 e. The molecule has 4 aromatic rings. The predicted octanol–water partition coefficient (Wildman–Crippen LogP) is 4.78. The molecule has 146 valence electrons. The first-order chi connectivity index (χ1) is 13.4. The molecule has 0 unspecified atom stereocenters. The lowest BCUT2D eigenvalue weighted by molar-refractivity contribution is 0.354. The Labute approximate surface area is 165 Å². The molecule has 0 N–H and O–H groups in total. The monoisotopic (exact) mass is 377 g/mol. The molecular formula is C23H27N3O2. The second kappa shape index (κ2) is 6.89. The molecule has 0 atom stereocenters. The maximum absolute atomic E-state index is 5.45. The first-order valence-electron chi connectivity index (χ1n) is 9.60. The predicted molar refractivity (Wildman–Crippen MR) is 113 cm³/mol. The van der Waals surface area contributed by atoms with E-state index >= 15 is 0 Å². The third-order valence-electron chi connectivity index (χ3n) is 5.67. The standard InChI is InChI=1S/C23H27N3O2/c1-14-11-19-23-17(4)25(16(3)22(23)15(2)24-26(19)13-14)10-9-18-7-8-20(27-5)21(12-18)28-6/h7-8,11-13H,9-10H2,1-6H3. The van der Waals surface area contributed by atoms with Gasteiger partial charge in [-0.2, -0.15) is 5.10 Å². The zero-order valence-corrected chi connectivity index (χ0v) is 17.5. The highest BCUT2D eigenvalue weighted by molar-refractivity contribution is 6.01. The van der Waals surface area contributed by atoms with Gasteiger partial charge in [0.1, 0.15) is 0 Å². The van der Waals surface area contributed by atoms with Gasteiger partial charge in [-0.3, -0.25) is 0 Å². The number of rotatable bonds is 5. The van der Waals surface area contributed by atoms with Crippen molar-refractivity contribution in [1.82, 2.24) is 14.2 Å². The Hall–Kier alpha value is -2.95. The van der Waals surface area contributed by atoms with E-state index in [9.17, 15) is 0 Å². The van der Waals surface area contributed by atoms with E-state index in [1.165, 1.54) is 38.8 Å². The molecule has 0 fully saturated rings. The molecule has 0 saturated carbocycles. The fourth-order valence-electron chi connectivity index (χ4n) is 4.31. The average molecular weight is 377 g/mol. The summed E-state index contributed by atoms with van der Waals surface area (Å²) in [5.41, 5.74) is 7.29. The van der Waals surface area contributed by atoms with Crippen molar-refractivity contribution in [1.29, 1.82) is 0 Å². The van der Waals surface area contributed by atoms with Crippen LogP contribution in [0.5, 0.6) is 11.5 Å². The maximum atomic E-state index is 5.45. The summed E-state index contributed by atoms with van der Waals surface area (Å²) >= 11 is 0. The Bertz CT molecular complexity index is 1180. The van der Waals surface area contributed by atoms with E-state index in [4.69, 9.17) is 14.6 Å². The number of nitrogens with zero attached hydrogens (tertiary/aromatic N) is 3. The fraction of sp³-hybridized carbons (Fsp3) is 0.348. The normalized spacial score (nSPS) is 11.5. The van der Waals surface area contributed by atoms with Gasteiger partial charge in [0.2, 0.25) is 0 Å². The van der Waals surface area contributed by atoms with Gasteiger partial charge in [-0.15, -0.1) is 0 Å². The Morgan fingerprint density at radius 2 is 1.61 bits per heavy atom. The SMILES string of the molecule is COc1ccc(CCn2c(C)c3c(C)nn4cc(C)cc4c3c2C)cc1OC. The minimum absolute atomic E-state index is 0.762. The molecule has 3 aromatic heterocycles. The van der Waals surface area contributed by atoms with Crippen molar-refractivity contribution < 1.29 is 9.47 Å². The molecule has 0 aliphatic carbocycles. The highest BCUT2D eigenvalue weighted by atomic mass is 16.5. The van der Waals surface area contributed by atoms with Crippen LogP contribution in [-0.2, 0) is 13.0 Å². The van der Waals surface area contributed by atoms with E-state index in [-0.39, 0.29) is 0 Å². The van der Waals surface area contributed by atoms with Gasteiger partial charge in [0.05, 0.1) is 25.4 Å². The summed E-state index contributed by atoms with van der Waals surface area (Å²) in [6.07, 6.45) is 3.02. The lowest BCUT2D eigenvalue weighted by Crippen LogP contribution is -2.05. The van der Waals surface area contributed by atoms with Crippen molar-refractivity contribution in [3.05, 3.63) is 58.7 Å². The Kier molecular flexibility index (Phi) is 4.53. The summed E-state index contributed by atoms with van der Waals surface area (Å²) in [4.78, 5) is 0. The van der Waals surface area contributed by atoms with Gasteiger partial charge in [0.15, 0.2) is 11.5 Å². The van der Waals surface area contributed by atoms with Gasteiger partial charge in [0, 0.05) is 34.9 Å². The number of fused-ring (bicyclic) bond motifs is 3. The van der Waals surface area contributed by atoms with Gasteiger partial charge in [0.25, 0.3) is 0 Å². The summed E-state index contributed by atoms with van der Waals surface area (Å²) in [5.74, 6) is 1.54. The summed E-state index contributed by atoms with van der Waals surface area (Å²) in [7, 11) is 3.34. The van der Waals surface area contributed by atoms with E-state index in [0.717, 1.165) is 30.2 Å². The highest BCUT2D eigenvalue weighted by Crippen LogP contribution is 2.32. The first kappa shape index (κ1) is 18.4. The van der Waals surface area contributed by atoms with E-state index < -0.39 is 0 Å². The molecule has 0 radical (unpaired) electrons. The van der Waals surface area contributed by atoms with E-state index in [1.54, 1.807) is 14.2 Å². The fourth-order valence-corrected chi connectivity index (χ4v) is 4.31. The Balaban J connectivity index is 1.75. The molecular weight excluding hydrogens is 350 g/mol. The van der Waals surface area contributed by atoms with Crippen LogP contribution in [0, 0.1) is 27.7 Å². The van der Waals surface area contributed by atoms with Crippen molar-refractivity contribution in [2.45, 2.75) is 40.7 Å². The van der Waals surface area contributed by atoms with E-state index in [1.807, 2.05) is 10.6 Å². The topological polar surface area (TPSA) is 40.7 Å². The zero-order chi connectivity index (χ0) is 20.0. The molecule has 0 amide bonds. The molecule has 0 aliphatic heterocycles. The van der Waals surface area contributed by atoms with Crippen molar-refractivity contribution in [3.8, 4) is 11.5 Å². The molecule has 5 nitrogen and oxygen atoms in total. The number of hydrogen-bond acceptors (Lipinski definition) is 3. The van der Waals surface area contributed by atoms with Crippen molar-refractivity contribution >= 4 is 16.3 Å². The molecule has 28 heavy (non-hydrogen) atoms. The molecule has 1 aromatic carbocycles. The second-order valence-electron chi connectivity index (χ2n) is 7.44. The van der Waals surface area contributed by atoms with Crippen LogP contribution < -0.4 is 9.47 Å². The summed E-state index contributed by atoms with van der Waals surface area (Å²) in [6.45, 7) is 9.54. The molecule has 5 heteroatoms. The molecule has 0 bridgehead atoms. The Morgan fingerprint density at radius 1 is 0.893 bits per heavy atom. The van der Waals surface area contributed by atoms with Crippen LogP contribution in [0.25, 0.3) is 16.3 Å². The van der Waals surface area contributed by atoms with E-state index in [2.05, 4.69) is 56.7 Å². The first-order valence-corrected chi connectivity index (χ1v) is 9.60. The van der Waals surface area contributed by atoms with Crippen LogP contribution in [-0.4, -0.2) is 28.4 Å². The third-order valence-corrected chi connectivity index (χ3v) is 5.67. The third kappa shape index (κ3) is 2.82. The molecule has 0 spiro atoms. The van der Waals surface area contributed by atoms with Gasteiger partial charge < -0.3 is 14.0 Å². The lowest BCUT2D eigenvalue weighted by Gasteiger charge is -2.12. The largest absolute Gasteiger partial charge is 0.493 e. The Morgan fingerprint density at radius 3 is 2.32 bits per heavy atom. The average Bonchev–Trinajstić information content (AvgIpc) is 3.16. The number of hydrogen-bond donors (Lipinski definition) is 0. The van der Waals surface area contributed by atoms with Crippen LogP contribution in [0.3, 0.4) is 0 Å². The second-order valence-corrected chi connectivity index (χ2v) is 7.44. The van der Waals surface area contributed by atoms with Gasteiger partial charge in [-0.25, -0.2) is 4.52 Å². The summed E-state index contributed by atoms with van der Waals surface area (Å²) in [6, 6.07) is 8.37. The van der Waals surface area contributed by atoms with Crippen LogP contribution in [0.1, 0.15) is 28.2 Å².